The minimum atomic E-state index is -0.426. The zero-order chi connectivity index (χ0) is 24.0. The van der Waals surface area contributed by atoms with Gasteiger partial charge in [-0.05, 0) is 49.4 Å². The number of aromatic nitrogens is 3. The van der Waals surface area contributed by atoms with Crippen LogP contribution in [0, 0.1) is 11.7 Å². The van der Waals surface area contributed by atoms with Crippen LogP contribution in [0.15, 0.2) is 36.4 Å². The van der Waals surface area contributed by atoms with Gasteiger partial charge in [0.05, 0.1) is 28.5 Å². The standard InChI is InChI=1S/C27H29FN6O/c1-3-17-12-30-19-6-4-5-14-11-22(34(17)24(14)19)26-31-20-10-16(9-18(28)25(20)32(26)2)27(35)33-13-15-7-8-21(33)23(15)29/h4-6,9-11,15,17,21,23,30H,3,7-8,12-13,29H2,1-2H3/t15-,17-,21-,23-/m1/s1. The number of imidazole rings is 1. The van der Waals surface area contributed by atoms with Crippen molar-refractivity contribution in [2.75, 3.05) is 18.4 Å². The molecule has 0 unspecified atom stereocenters. The molecule has 1 aliphatic carbocycles. The van der Waals surface area contributed by atoms with Crippen molar-refractivity contribution in [3.8, 4) is 11.5 Å². The number of carbonyl (C=O) groups is 1. The number of aryl methyl sites for hydroxylation is 1. The molecule has 180 valence electrons. The Hall–Kier alpha value is -3.39. The number of likely N-dealkylation sites (tertiary alicyclic amines) is 1. The quantitative estimate of drug-likeness (QED) is 0.467. The maximum Gasteiger partial charge on any atom is 0.254 e. The Morgan fingerprint density at radius 3 is 2.83 bits per heavy atom. The minimum absolute atomic E-state index is 0.0281. The molecule has 2 aromatic carbocycles. The van der Waals surface area contributed by atoms with Crippen LogP contribution in [0.2, 0.25) is 0 Å². The number of nitrogens with two attached hydrogens (primary N) is 1. The van der Waals surface area contributed by atoms with Gasteiger partial charge in [-0.3, -0.25) is 4.79 Å². The summed E-state index contributed by atoms with van der Waals surface area (Å²) in [6.45, 7) is 3.67. The monoisotopic (exact) mass is 472 g/mol. The third-order valence-electron chi connectivity index (χ3n) is 8.54. The number of carbonyl (C=O) groups excluding carboxylic acids is 1. The van der Waals surface area contributed by atoms with Gasteiger partial charge < -0.3 is 25.1 Å². The number of para-hydroxylation sites is 1. The Bertz CT molecular complexity index is 1520. The minimum Gasteiger partial charge on any atom is -0.381 e. The maximum atomic E-state index is 15.5. The van der Waals surface area contributed by atoms with Gasteiger partial charge in [0.25, 0.3) is 5.91 Å². The number of piperidine rings is 1. The number of nitrogens with one attached hydrogen (secondary N) is 1. The highest BCUT2D eigenvalue weighted by Gasteiger charge is 2.47. The normalized spacial score (nSPS) is 25.1. The molecular formula is C27H29FN6O. The van der Waals surface area contributed by atoms with Gasteiger partial charge in [0.15, 0.2) is 5.82 Å². The average molecular weight is 473 g/mol. The molecule has 1 saturated heterocycles. The number of rotatable bonds is 3. The van der Waals surface area contributed by atoms with Crippen LogP contribution in [0.5, 0.6) is 0 Å². The second kappa shape index (κ2) is 7.31. The summed E-state index contributed by atoms with van der Waals surface area (Å²) in [5.74, 6) is 0.481. The fraction of sp³-hybridized carbons (Fsp3) is 0.407. The summed E-state index contributed by atoms with van der Waals surface area (Å²) in [4.78, 5) is 20.1. The van der Waals surface area contributed by atoms with Crippen LogP contribution < -0.4 is 11.1 Å². The summed E-state index contributed by atoms with van der Waals surface area (Å²) in [5, 5.41) is 4.68. The summed E-state index contributed by atoms with van der Waals surface area (Å²) < 4.78 is 19.6. The Labute approximate surface area is 202 Å². The number of anilines is 1. The lowest BCUT2D eigenvalue weighted by molar-refractivity contribution is 0.0700. The fourth-order valence-electron chi connectivity index (χ4n) is 6.72. The van der Waals surface area contributed by atoms with Gasteiger partial charge in [-0.15, -0.1) is 0 Å². The van der Waals surface area contributed by atoms with E-state index < -0.39 is 5.82 Å². The van der Waals surface area contributed by atoms with Crippen molar-refractivity contribution in [3.63, 3.8) is 0 Å². The van der Waals surface area contributed by atoms with E-state index in [-0.39, 0.29) is 24.0 Å². The summed E-state index contributed by atoms with van der Waals surface area (Å²) in [7, 11) is 1.85. The predicted molar refractivity (Wildman–Crippen MR) is 135 cm³/mol. The van der Waals surface area contributed by atoms with Gasteiger partial charge in [-0.2, -0.15) is 0 Å². The van der Waals surface area contributed by atoms with E-state index >= 15 is 4.39 Å². The zero-order valence-corrected chi connectivity index (χ0v) is 20.0. The van der Waals surface area contributed by atoms with E-state index in [1.807, 2.05) is 16.5 Å². The van der Waals surface area contributed by atoms with Crippen LogP contribution in [0.4, 0.5) is 10.1 Å². The number of halogens is 1. The number of nitrogens with zero attached hydrogens (tertiary/aromatic N) is 4. The van der Waals surface area contributed by atoms with Crippen LogP contribution in [-0.4, -0.2) is 50.1 Å². The van der Waals surface area contributed by atoms with Crippen LogP contribution in [-0.2, 0) is 7.05 Å². The van der Waals surface area contributed by atoms with E-state index in [4.69, 9.17) is 10.7 Å². The second-order valence-electron chi connectivity index (χ2n) is 10.3. The Morgan fingerprint density at radius 1 is 1.23 bits per heavy atom. The van der Waals surface area contributed by atoms with E-state index in [2.05, 4.69) is 41.1 Å². The molecular weight excluding hydrogens is 443 g/mol. The van der Waals surface area contributed by atoms with Gasteiger partial charge >= 0.3 is 0 Å². The maximum absolute atomic E-state index is 15.5. The van der Waals surface area contributed by atoms with Crippen molar-refractivity contribution < 1.29 is 9.18 Å². The van der Waals surface area contributed by atoms with Gasteiger partial charge in [0.1, 0.15) is 11.3 Å². The molecule has 7 rings (SSSR count). The van der Waals surface area contributed by atoms with Gasteiger partial charge in [-0.25, -0.2) is 9.37 Å². The number of fused-ring (bicyclic) bond motifs is 3. The van der Waals surface area contributed by atoms with Crippen LogP contribution in [0.25, 0.3) is 33.5 Å². The van der Waals surface area contributed by atoms with E-state index in [0.29, 0.717) is 34.9 Å². The number of hydrogen-bond acceptors (Lipinski definition) is 4. The highest BCUT2D eigenvalue weighted by atomic mass is 19.1. The van der Waals surface area contributed by atoms with E-state index in [1.165, 1.54) is 6.07 Å². The predicted octanol–water partition coefficient (Wildman–Crippen LogP) is 4.27. The Morgan fingerprint density at radius 2 is 2.09 bits per heavy atom. The topological polar surface area (TPSA) is 81.1 Å². The Balaban J connectivity index is 1.36. The lowest BCUT2D eigenvalue weighted by Crippen LogP contribution is -2.41. The molecule has 1 amide bonds. The van der Waals surface area contributed by atoms with Crippen molar-refractivity contribution in [3.05, 3.63) is 47.8 Å². The summed E-state index contributed by atoms with van der Waals surface area (Å²) in [5.41, 5.74) is 10.8. The van der Waals surface area contributed by atoms with Crippen molar-refractivity contribution in [2.24, 2.45) is 18.7 Å². The SMILES string of the molecule is CC[C@@H]1CNc2cccc3cc(-c4nc5cc(C(=O)N6C[C@H]7CC[C@@H]6[C@@H]7N)cc(F)c5n4C)n1c23. The van der Waals surface area contributed by atoms with Crippen molar-refractivity contribution in [1.29, 1.82) is 0 Å². The molecule has 4 heterocycles. The van der Waals surface area contributed by atoms with Crippen LogP contribution in [0.3, 0.4) is 0 Å². The summed E-state index contributed by atoms with van der Waals surface area (Å²) in [6, 6.07) is 11.9. The number of amides is 1. The smallest absolute Gasteiger partial charge is 0.254 e. The molecule has 7 nitrogen and oxygen atoms in total. The van der Waals surface area contributed by atoms with Gasteiger partial charge in [-0.1, -0.05) is 19.1 Å². The number of benzene rings is 2. The molecule has 3 N–H and O–H groups in total. The third kappa shape index (κ3) is 2.80. The molecule has 1 saturated carbocycles. The first-order valence-electron chi connectivity index (χ1n) is 12.6. The van der Waals surface area contributed by atoms with Crippen molar-refractivity contribution in [2.45, 2.75) is 44.3 Å². The summed E-state index contributed by atoms with van der Waals surface area (Å²) in [6.07, 6.45) is 2.96. The largest absolute Gasteiger partial charge is 0.381 e. The molecule has 0 radical (unpaired) electrons. The molecule has 2 fully saturated rings. The van der Waals surface area contributed by atoms with Gasteiger partial charge in [0, 0.05) is 43.2 Å². The Kier molecular flexibility index (Phi) is 4.37. The van der Waals surface area contributed by atoms with E-state index in [1.54, 1.807) is 6.07 Å². The third-order valence-corrected chi connectivity index (χ3v) is 8.54. The van der Waals surface area contributed by atoms with Crippen LogP contribution >= 0.6 is 0 Å². The highest BCUT2D eigenvalue weighted by molar-refractivity contribution is 5.99. The highest BCUT2D eigenvalue weighted by Crippen LogP contribution is 2.40. The van der Waals surface area contributed by atoms with Crippen LogP contribution in [0.1, 0.15) is 42.6 Å². The zero-order valence-electron chi connectivity index (χ0n) is 20.0. The first-order chi connectivity index (χ1) is 17.0. The lowest BCUT2D eigenvalue weighted by Gasteiger charge is -2.28. The molecule has 2 aromatic heterocycles. The molecule has 2 aliphatic heterocycles. The number of hydrogen-bond donors (Lipinski definition) is 2. The first kappa shape index (κ1) is 20.9. The molecule has 35 heavy (non-hydrogen) atoms. The molecule has 8 heteroatoms. The molecule has 0 spiro atoms. The average Bonchev–Trinajstić information content (AvgIpc) is 3.60. The second-order valence-corrected chi connectivity index (χ2v) is 10.3. The molecule has 4 atom stereocenters. The van der Waals surface area contributed by atoms with E-state index in [9.17, 15) is 4.79 Å². The van der Waals surface area contributed by atoms with Crippen molar-refractivity contribution in [1.82, 2.24) is 19.0 Å². The summed E-state index contributed by atoms with van der Waals surface area (Å²) >= 11 is 0. The molecule has 2 bridgehead atoms. The molecule has 4 aromatic rings. The van der Waals surface area contributed by atoms with E-state index in [0.717, 1.165) is 48.1 Å². The first-order valence-corrected chi connectivity index (χ1v) is 12.6. The van der Waals surface area contributed by atoms with Gasteiger partial charge in [0.2, 0.25) is 0 Å². The lowest BCUT2D eigenvalue weighted by atomic mass is 10.1. The van der Waals surface area contributed by atoms with Crippen molar-refractivity contribution >= 4 is 33.5 Å². The fourth-order valence-corrected chi connectivity index (χ4v) is 6.72. The molecule has 3 aliphatic rings.